The van der Waals surface area contributed by atoms with E-state index in [2.05, 4.69) is 0 Å². The smallest absolute Gasteiger partial charge is 0.460 e. The van der Waals surface area contributed by atoms with Crippen LogP contribution in [0.2, 0.25) is 0 Å². The van der Waals surface area contributed by atoms with Crippen molar-refractivity contribution in [2.45, 2.75) is 45.3 Å². The number of hydrogen-bond donors (Lipinski definition) is 1. The highest BCUT2D eigenvalue weighted by molar-refractivity contribution is 7.37. The molecule has 1 unspecified atom stereocenters. The summed E-state index contributed by atoms with van der Waals surface area (Å²) in [7, 11) is -2.09. The van der Waals surface area contributed by atoms with Gasteiger partial charge in [0.25, 0.3) is 0 Å². The fourth-order valence-corrected chi connectivity index (χ4v) is 4.22. The number of carbonyl (C=O) groups excluding carboxylic acids is 2. The monoisotopic (exact) mass is 507 g/mol. The van der Waals surface area contributed by atoms with Crippen molar-refractivity contribution in [2.24, 2.45) is 5.92 Å². The molecule has 0 amide bonds. The topological polar surface area (TPSA) is 89.9 Å². The van der Waals surface area contributed by atoms with Crippen molar-refractivity contribution < 1.29 is 28.5 Å². The van der Waals surface area contributed by atoms with Crippen LogP contribution in [0, 0.1) is 5.92 Å². The molecule has 0 aliphatic carbocycles. The molecule has 0 aliphatic rings. The minimum atomic E-state index is -2.09. The van der Waals surface area contributed by atoms with Gasteiger partial charge in [0, 0.05) is 0 Å². The SMILES string of the molecule is O=C(OCc1ccccc1)C(CCCc1ccc(CCC[P+](=O)O)cc1)C(=O)OCc1ccccc1. The summed E-state index contributed by atoms with van der Waals surface area (Å²) in [6.07, 6.45) is 3.38. The van der Waals surface area contributed by atoms with E-state index in [0.717, 1.165) is 28.7 Å². The molecule has 0 radical (unpaired) electrons. The molecule has 3 aromatic carbocycles. The van der Waals surface area contributed by atoms with Gasteiger partial charge in [-0.25, -0.2) is 0 Å². The van der Waals surface area contributed by atoms with E-state index in [4.69, 9.17) is 14.4 Å². The Kier molecular flexibility index (Phi) is 11.3. The van der Waals surface area contributed by atoms with Crippen LogP contribution < -0.4 is 0 Å². The molecule has 3 aromatic rings. The van der Waals surface area contributed by atoms with E-state index in [1.807, 2.05) is 84.9 Å². The van der Waals surface area contributed by atoms with Crippen LogP contribution in [0.25, 0.3) is 0 Å². The van der Waals surface area contributed by atoms with E-state index in [0.29, 0.717) is 31.8 Å². The maximum Gasteiger partial charge on any atom is 0.505 e. The molecule has 1 atom stereocenters. The molecule has 3 rings (SSSR count). The number of carbonyl (C=O) groups is 2. The zero-order valence-corrected chi connectivity index (χ0v) is 21.1. The van der Waals surface area contributed by atoms with Gasteiger partial charge in [-0.2, -0.15) is 4.89 Å². The van der Waals surface area contributed by atoms with Crippen LogP contribution in [0.15, 0.2) is 84.9 Å². The van der Waals surface area contributed by atoms with Gasteiger partial charge >= 0.3 is 20.0 Å². The second kappa shape index (κ2) is 14.9. The zero-order valence-electron chi connectivity index (χ0n) is 20.3. The summed E-state index contributed by atoms with van der Waals surface area (Å²) in [4.78, 5) is 34.6. The van der Waals surface area contributed by atoms with Crippen molar-refractivity contribution in [3.63, 3.8) is 0 Å². The van der Waals surface area contributed by atoms with Gasteiger partial charge in [-0.05, 0) is 58.9 Å². The van der Waals surface area contributed by atoms with Crippen LogP contribution in [0.5, 0.6) is 0 Å². The third kappa shape index (κ3) is 9.73. The molecule has 0 bridgehead atoms. The Morgan fingerprint density at radius 2 is 1.11 bits per heavy atom. The minimum absolute atomic E-state index is 0.105. The van der Waals surface area contributed by atoms with Gasteiger partial charge in [0.2, 0.25) is 0 Å². The molecule has 188 valence electrons. The Labute approximate surface area is 213 Å². The number of aryl methyl sites for hydroxylation is 2. The summed E-state index contributed by atoms with van der Waals surface area (Å²) < 4.78 is 21.7. The van der Waals surface area contributed by atoms with E-state index < -0.39 is 25.9 Å². The molecule has 0 heterocycles. The summed E-state index contributed by atoms with van der Waals surface area (Å²) in [6.45, 7) is 0.211. The quantitative estimate of drug-likeness (QED) is 0.169. The number of esters is 2. The molecule has 0 aromatic heterocycles. The molecule has 36 heavy (non-hydrogen) atoms. The Hall–Kier alpha value is -3.34. The maximum atomic E-state index is 12.8. The average Bonchev–Trinajstić information content (AvgIpc) is 2.90. The van der Waals surface area contributed by atoms with Gasteiger partial charge in [-0.3, -0.25) is 9.59 Å². The van der Waals surface area contributed by atoms with Crippen molar-refractivity contribution in [3.8, 4) is 0 Å². The maximum absolute atomic E-state index is 12.8. The largest absolute Gasteiger partial charge is 0.505 e. The fourth-order valence-electron chi connectivity index (χ4n) is 3.79. The van der Waals surface area contributed by atoms with E-state index in [9.17, 15) is 14.2 Å². The van der Waals surface area contributed by atoms with Crippen molar-refractivity contribution in [3.05, 3.63) is 107 Å². The van der Waals surface area contributed by atoms with Crippen molar-refractivity contribution in [2.75, 3.05) is 6.16 Å². The van der Waals surface area contributed by atoms with Gasteiger partial charge in [0.1, 0.15) is 13.2 Å². The molecule has 7 heteroatoms. The molecule has 0 saturated carbocycles. The molecule has 0 saturated heterocycles. The highest BCUT2D eigenvalue weighted by Crippen LogP contribution is 2.19. The second-order valence-electron chi connectivity index (χ2n) is 8.63. The lowest BCUT2D eigenvalue weighted by atomic mass is 9.98. The molecule has 1 N–H and O–H groups in total. The lowest BCUT2D eigenvalue weighted by Gasteiger charge is -2.16. The Morgan fingerprint density at radius 1 is 0.667 bits per heavy atom. The van der Waals surface area contributed by atoms with Crippen LogP contribution in [-0.2, 0) is 49.7 Å². The summed E-state index contributed by atoms with van der Waals surface area (Å²) in [5.74, 6) is -2.14. The van der Waals surface area contributed by atoms with Crippen LogP contribution in [0.4, 0.5) is 0 Å². The first-order valence-corrected chi connectivity index (χ1v) is 13.5. The van der Waals surface area contributed by atoms with E-state index in [1.165, 1.54) is 0 Å². The number of hydrogen-bond acceptors (Lipinski definition) is 5. The van der Waals surface area contributed by atoms with Crippen LogP contribution in [-0.4, -0.2) is 23.0 Å². The summed E-state index contributed by atoms with van der Waals surface area (Å²) in [6, 6.07) is 26.8. The van der Waals surface area contributed by atoms with E-state index in [1.54, 1.807) is 0 Å². The van der Waals surface area contributed by atoms with Crippen LogP contribution in [0.1, 0.15) is 41.5 Å². The minimum Gasteiger partial charge on any atom is -0.460 e. The first-order chi connectivity index (χ1) is 17.5. The summed E-state index contributed by atoms with van der Waals surface area (Å²) in [5, 5.41) is 0. The highest BCUT2D eigenvalue weighted by atomic mass is 31.1. The van der Waals surface area contributed by atoms with Gasteiger partial charge < -0.3 is 9.47 Å². The van der Waals surface area contributed by atoms with E-state index in [-0.39, 0.29) is 13.2 Å². The molecule has 0 spiro atoms. The van der Waals surface area contributed by atoms with E-state index >= 15 is 0 Å². The standard InChI is InChI=1S/C29H31O6P/c30-28(34-21-25-9-3-1-4-10-25)27(29(31)35-22-26-11-5-2-6-12-26)15-7-13-23-16-18-24(19-17-23)14-8-20-36(32)33/h1-6,9-12,16-19,27H,7-8,13-15,20-22H2/p+1. The predicted octanol–water partition coefficient (Wildman–Crippen LogP) is 5.78. The van der Waals surface area contributed by atoms with Crippen molar-refractivity contribution >= 4 is 20.0 Å². The Morgan fingerprint density at radius 3 is 1.56 bits per heavy atom. The number of ether oxygens (including phenoxy) is 2. The third-order valence-corrected chi connectivity index (χ3v) is 6.51. The third-order valence-electron chi connectivity index (χ3n) is 5.81. The fraction of sp³-hybridized carbons (Fsp3) is 0.310. The Bertz CT molecular complexity index is 1040. The molecule has 0 fully saturated rings. The van der Waals surface area contributed by atoms with Gasteiger partial charge in [0.15, 0.2) is 12.1 Å². The second-order valence-corrected chi connectivity index (χ2v) is 9.78. The van der Waals surface area contributed by atoms with Gasteiger partial charge in [-0.1, -0.05) is 84.9 Å². The van der Waals surface area contributed by atoms with Crippen molar-refractivity contribution in [1.29, 1.82) is 0 Å². The lowest BCUT2D eigenvalue weighted by molar-refractivity contribution is -0.164. The van der Waals surface area contributed by atoms with Crippen LogP contribution >= 0.6 is 8.03 Å². The summed E-state index contributed by atoms with van der Waals surface area (Å²) >= 11 is 0. The first-order valence-electron chi connectivity index (χ1n) is 12.1. The number of benzene rings is 3. The highest BCUT2D eigenvalue weighted by Gasteiger charge is 2.29. The lowest BCUT2D eigenvalue weighted by Crippen LogP contribution is -2.28. The number of rotatable bonds is 14. The molecule has 0 aliphatic heterocycles. The zero-order chi connectivity index (χ0) is 25.6. The van der Waals surface area contributed by atoms with Crippen molar-refractivity contribution in [1.82, 2.24) is 0 Å². The summed E-state index contributed by atoms with van der Waals surface area (Å²) in [5.41, 5.74) is 3.92. The first kappa shape index (κ1) is 27.3. The normalized spacial score (nSPS) is 11.2. The predicted molar refractivity (Wildman–Crippen MR) is 138 cm³/mol. The Balaban J connectivity index is 1.54. The average molecular weight is 508 g/mol. The molecular formula is C29H32O6P+. The van der Waals surface area contributed by atoms with Gasteiger partial charge in [0.05, 0.1) is 0 Å². The molecular weight excluding hydrogens is 475 g/mol. The van der Waals surface area contributed by atoms with Crippen LogP contribution in [0.3, 0.4) is 0 Å². The molecule has 6 nitrogen and oxygen atoms in total. The van der Waals surface area contributed by atoms with Gasteiger partial charge in [-0.15, -0.1) is 0 Å².